The van der Waals surface area contributed by atoms with Crippen LogP contribution in [-0.4, -0.2) is 17.5 Å². The molecule has 0 aliphatic carbocycles. The molecule has 0 aromatic rings. The third kappa shape index (κ3) is 4.57. The van der Waals surface area contributed by atoms with Crippen molar-refractivity contribution in [3.63, 3.8) is 0 Å². The minimum atomic E-state index is -0.644. The van der Waals surface area contributed by atoms with Crippen molar-refractivity contribution in [2.24, 2.45) is 5.11 Å². The van der Waals surface area contributed by atoms with Gasteiger partial charge in [-0.3, -0.25) is 4.79 Å². The fraction of sp³-hybridized carbons (Fsp3) is 0.857. The maximum atomic E-state index is 11.2. The molecule has 0 aliphatic rings. The largest absolute Gasteiger partial charge is 0.351 e. The Bertz CT molecular complexity index is 212. The third-order valence-electron chi connectivity index (χ3n) is 1.10. The highest BCUT2D eigenvalue weighted by atomic mass is 16.2. The van der Waals surface area contributed by atoms with Gasteiger partial charge in [0, 0.05) is 10.5 Å². The average Bonchev–Trinajstić information content (AvgIpc) is 1.84. The number of carbonyl (C=O) groups excluding carboxylic acids is 1. The summed E-state index contributed by atoms with van der Waals surface area (Å²) >= 11 is 0. The standard InChI is InChI=1S/C7H14N4O/c1-5(10-11-8)6(12)9-7(2,3)4/h5H,1-4H3,(H,9,12). The van der Waals surface area contributed by atoms with Gasteiger partial charge in [-0.2, -0.15) is 0 Å². The highest BCUT2D eigenvalue weighted by Gasteiger charge is 2.17. The van der Waals surface area contributed by atoms with Crippen LogP contribution in [0.15, 0.2) is 5.11 Å². The molecule has 0 heterocycles. The molecular weight excluding hydrogens is 156 g/mol. The molecule has 1 unspecified atom stereocenters. The zero-order chi connectivity index (χ0) is 9.78. The first kappa shape index (κ1) is 10.8. The van der Waals surface area contributed by atoms with Crippen molar-refractivity contribution in [3.05, 3.63) is 10.4 Å². The van der Waals surface area contributed by atoms with E-state index in [1.165, 1.54) is 0 Å². The summed E-state index contributed by atoms with van der Waals surface area (Å²) in [5.74, 6) is -0.250. The molecular formula is C7H14N4O. The molecule has 5 heteroatoms. The van der Waals surface area contributed by atoms with Crippen molar-refractivity contribution < 1.29 is 4.79 Å². The molecule has 0 saturated carbocycles. The normalized spacial score (nSPS) is 13.0. The van der Waals surface area contributed by atoms with Crippen molar-refractivity contribution >= 4 is 5.91 Å². The van der Waals surface area contributed by atoms with Gasteiger partial charge in [0.05, 0.1) is 0 Å². The summed E-state index contributed by atoms with van der Waals surface area (Å²) in [4.78, 5) is 13.7. The molecule has 0 bridgehead atoms. The van der Waals surface area contributed by atoms with Crippen LogP contribution in [0, 0.1) is 0 Å². The highest BCUT2D eigenvalue weighted by molar-refractivity contribution is 5.82. The van der Waals surface area contributed by atoms with Crippen molar-refractivity contribution in [3.8, 4) is 0 Å². The van der Waals surface area contributed by atoms with Crippen molar-refractivity contribution in [2.45, 2.75) is 39.3 Å². The fourth-order valence-corrected chi connectivity index (χ4v) is 0.604. The van der Waals surface area contributed by atoms with Crippen LogP contribution < -0.4 is 5.32 Å². The fourth-order valence-electron chi connectivity index (χ4n) is 0.604. The number of nitrogens with one attached hydrogen (secondary N) is 1. The van der Waals surface area contributed by atoms with Crippen LogP contribution in [0.4, 0.5) is 0 Å². The number of azide groups is 1. The van der Waals surface area contributed by atoms with Crippen LogP contribution in [0.3, 0.4) is 0 Å². The number of carbonyl (C=O) groups is 1. The van der Waals surface area contributed by atoms with Gasteiger partial charge < -0.3 is 5.32 Å². The van der Waals surface area contributed by atoms with E-state index >= 15 is 0 Å². The van der Waals surface area contributed by atoms with Crippen LogP contribution in [0.2, 0.25) is 0 Å². The van der Waals surface area contributed by atoms with Gasteiger partial charge >= 0.3 is 0 Å². The predicted molar refractivity (Wildman–Crippen MR) is 46.5 cm³/mol. The Kier molecular flexibility index (Phi) is 3.57. The van der Waals surface area contributed by atoms with E-state index < -0.39 is 6.04 Å². The van der Waals surface area contributed by atoms with E-state index in [1.807, 2.05) is 20.8 Å². The molecule has 0 saturated heterocycles. The van der Waals surface area contributed by atoms with Crippen LogP contribution in [0.5, 0.6) is 0 Å². The maximum Gasteiger partial charge on any atom is 0.229 e. The Morgan fingerprint density at radius 1 is 1.58 bits per heavy atom. The SMILES string of the molecule is CC(N=[N+]=[N-])C(=O)NC(C)(C)C. The Morgan fingerprint density at radius 2 is 2.08 bits per heavy atom. The minimum absolute atomic E-state index is 0.250. The quantitative estimate of drug-likeness (QED) is 0.381. The summed E-state index contributed by atoms with van der Waals surface area (Å²) in [6.45, 7) is 7.16. The second-order valence-electron chi connectivity index (χ2n) is 3.62. The second-order valence-corrected chi connectivity index (χ2v) is 3.62. The molecule has 0 fully saturated rings. The summed E-state index contributed by atoms with van der Waals surface area (Å²) in [5.41, 5.74) is 7.78. The van der Waals surface area contributed by atoms with Gasteiger partial charge in [-0.25, -0.2) is 0 Å². The van der Waals surface area contributed by atoms with Crippen LogP contribution in [0.25, 0.3) is 10.4 Å². The van der Waals surface area contributed by atoms with Gasteiger partial charge in [-0.15, -0.1) is 0 Å². The first-order valence-corrected chi connectivity index (χ1v) is 3.73. The molecule has 0 aliphatic heterocycles. The molecule has 0 spiro atoms. The van der Waals surface area contributed by atoms with E-state index in [0.717, 1.165) is 0 Å². The Labute approximate surface area is 71.8 Å². The Balaban J connectivity index is 4.14. The molecule has 0 radical (unpaired) electrons. The van der Waals surface area contributed by atoms with Gasteiger partial charge in [0.15, 0.2) is 0 Å². The van der Waals surface area contributed by atoms with E-state index in [4.69, 9.17) is 5.53 Å². The molecule has 0 aromatic carbocycles. The Hall–Kier alpha value is -1.22. The van der Waals surface area contributed by atoms with Gasteiger partial charge in [0.1, 0.15) is 6.04 Å². The zero-order valence-electron chi connectivity index (χ0n) is 7.83. The van der Waals surface area contributed by atoms with E-state index in [2.05, 4.69) is 15.3 Å². The van der Waals surface area contributed by atoms with E-state index in [-0.39, 0.29) is 11.4 Å². The second kappa shape index (κ2) is 3.97. The number of hydrogen-bond acceptors (Lipinski definition) is 2. The van der Waals surface area contributed by atoms with E-state index in [1.54, 1.807) is 6.92 Å². The molecule has 0 rings (SSSR count). The first-order valence-electron chi connectivity index (χ1n) is 3.73. The average molecular weight is 170 g/mol. The number of nitrogens with zero attached hydrogens (tertiary/aromatic N) is 3. The lowest BCUT2D eigenvalue weighted by Gasteiger charge is -2.21. The highest BCUT2D eigenvalue weighted by Crippen LogP contribution is 2.00. The van der Waals surface area contributed by atoms with Crippen molar-refractivity contribution in [1.82, 2.24) is 5.32 Å². The molecule has 68 valence electrons. The van der Waals surface area contributed by atoms with Gasteiger partial charge in [-0.1, -0.05) is 5.11 Å². The third-order valence-corrected chi connectivity index (χ3v) is 1.10. The lowest BCUT2D eigenvalue weighted by atomic mass is 10.1. The van der Waals surface area contributed by atoms with Crippen LogP contribution >= 0.6 is 0 Å². The van der Waals surface area contributed by atoms with Crippen molar-refractivity contribution in [2.75, 3.05) is 0 Å². The maximum absolute atomic E-state index is 11.2. The van der Waals surface area contributed by atoms with Gasteiger partial charge in [-0.05, 0) is 33.2 Å². The summed E-state index contributed by atoms with van der Waals surface area (Å²) in [7, 11) is 0. The molecule has 1 N–H and O–H groups in total. The van der Waals surface area contributed by atoms with Crippen LogP contribution in [0.1, 0.15) is 27.7 Å². The lowest BCUT2D eigenvalue weighted by Crippen LogP contribution is -2.44. The first-order chi connectivity index (χ1) is 5.37. The minimum Gasteiger partial charge on any atom is -0.351 e. The summed E-state index contributed by atoms with van der Waals surface area (Å²) in [6, 6.07) is -0.644. The summed E-state index contributed by atoms with van der Waals surface area (Å²) in [6.07, 6.45) is 0. The molecule has 1 atom stereocenters. The molecule has 0 aromatic heterocycles. The number of amides is 1. The molecule has 1 amide bonds. The smallest absolute Gasteiger partial charge is 0.229 e. The van der Waals surface area contributed by atoms with E-state index in [9.17, 15) is 4.79 Å². The summed E-state index contributed by atoms with van der Waals surface area (Å²) in [5, 5.41) is 5.98. The van der Waals surface area contributed by atoms with Crippen molar-refractivity contribution in [1.29, 1.82) is 0 Å². The van der Waals surface area contributed by atoms with Crippen LogP contribution in [-0.2, 0) is 4.79 Å². The number of hydrogen-bond donors (Lipinski definition) is 1. The molecule has 5 nitrogen and oxygen atoms in total. The van der Waals surface area contributed by atoms with Gasteiger partial charge in [0.25, 0.3) is 0 Å². The molecule has 12 heavy (non-hydrogen) atoms. The van der Waals surface area contributed by atoms with Gasteiger partial charge in [0.2, 0.25) is 5.91 Å². The topological polar surface area (TPSA) is 77.9 Å². The number of rotatable bonds is 2. The monoisotopic (exact) mass is 170 g/mol. The zero-order valence-corrected chi connectivity index (χ0v) is 7.83. The summed E-state index contributed by atoms with van der Waals surface area (Å²) < 4.78 is 0. The van der Waals surface area contributed by atoms with E-state index in [0.29, 0.717) is 0 Å². The Morgan fingerprint density at radius 3 is 2.42 bits per heavy atom. The lowest BCUT2D eigenvalue weighted by molar-refractivity contribution is -0.123. The predicted octanol–water partition coefficient (Wildman–Crippen LogP) is 1.60.